The van der Waals surface area contributed by atoms with E-state index >= 15 is 0 Å². The molecule has 42 heavy (non-hydrogen) atoms. The number of ether oxygens (including phenoxy) is 1. The number of hydrogen-bond acceptors (Lipinski definition) is 7. The van der Waals surface area contributed by atoms with E-state index in [1.165, 1.54) is 51.1 Å². The maximum atomic E-state index is 12.3. The molecule has 0 radical (unpaired) electrons. The molecule has 216 valence electrons. The fourth-order valence-corrected chi connectivity index (χ4v) is 5.21. The highest BCUT2D eigenvalue weighted by Gasteiger charge is 2.55. The zero-order chi connectivity index (χ0) is 31.0. The highest BCUT2D eigenvalue weighted by atomic mass is 16.5. The molecule has 0 spiro atoms. The summed E-state index contributed by atoms with van der Waals surface area (Å²) >= 11 is 0. The number of rotatable bonds is 10. The van der Waals surface area contributed by atoms with E-state index in [0.29, 0.717) is 12.2 Å². The van der Waals surface area contributed by atoms with E-state index in [-0.39, 0.29) is 40.3 Å². The Kier molecular flexibility index (Phi) is 10.4. The maximum Gasteiger partial charge on any atom is 0.335 e. The molecule has 3 aromatic rings. The van der Waals surface area contributed by atoms with Gasteiger partial charge in [-0.3, -0.25) is 19.2 Å². The Morgan fingerprint density at radius 2 is 1.05 bits per heavy atom. The highest BCUT2D eigenvalue weighted by molar-refractivity contribution is 5.93. The van der Waals surface area contributed by atoms with Crippen LogP contribution in [0, 0.1) is 11.8 Å². The van der Waals surface area contributed by atoms with Gasteiger partial charge in [-0.2, -0.15) is 0 Å². The molecule has 1 aliphatic carbocycles. The first-order chi connectivity index (χ1) is 19.9. The van der Waals surface area contributed by atoms with Crippen molar-refractivity contribution in [3.8, 4) is 5.75 Å². The number of aromatic carboxylic acids is 2. The third kappa shape index (κ3) is 7.51. The molecule has 4 rings (SSSR count). The Labute approximate surface area is 242 Å². The van der Waals surface area contributed by atoms with Gasteiger partial charge in [0.2, 0.25) is 0 Å². The molecule has 0 heterocycles. The zero-order valence-corrected chi connectivity index (χ0v) is 23.2. The number of benzene rings is 3. The third-order valence-corrected chi connectivity index (χ3v) is 7.15. The molecule has 2 N–H and O–H groups in total. The third-order valence-electron chi connectivity index (χ3n) is 7.15. The minimum atomic E-state index is -1.02. The summed E-state index contributed by atoms with van der Waals surface area (Å²) in [6, 6.07) is 19.6. The van der Waals surface area contributed by atoms with Crippen LogP contribution in [0.15, 0.2) is 78.9 Å². The predicted octanol–water partition coefficient (Wildman–Crippen LogP) is 5.20. The smallest absolute Gasteiger partial charge is 0.335 e. The minimum Gasteiger partial charge on any atom is -0.478 e. The van der Waals surface area contributed by atoms with Gasteiger partial charge in [-0.25, -0.2) is 9.59 Å². The van der Waals surface area contributed by atoms with Crippen molar-refractivity contribution >= 4 is 41.8 Å². The molecule has 0 aliphatic heterocycles. The van der Waals surface area contributed by atoms with E-state index in [4.69, 9.17) is 14.9 Å². The second-order valence-corrected chi connectivity index (χ2v) is 9.91. The summed E-state index contributed by atoms with van der Waals surface area (Å²) in [5.74, 6) is -3.08. The van der Waals surface area contributed by atoms with E-state index in [1.807, 2.05) is 0 Å². The van der Waals surface area contributed by atoms with Crippen molar-refractivity contribution in [3.05, 3.63) is 107 Å². The summed E-state index contributed by atoms with van der Waals surface area (Å²) < 4.78 is 4.82. The molecular formula is C33H30O9. The number of carbonyl (C=O) groups is 6. The van der Waals surface area contributed by atoms with Crippen LogP contribution in [0.25, 0.3) is 6.08 Å². The fraction of sp³-hybridized carbons (Fsp3) is 0.212. The standard InChI is InChI=1S/C22H20O6.C11H10O3/c1-12(24)18-19(13(2)25)21(15-7-9-17(10-8-15)28-11-23)20(18)14-3-5-16(6-4-14)22(26)27;1-8(12)2-3-9-4-6-10(7-5-9)11(13)14/h3-11,18-21H,1-2H3,(H,26,27);2-7H,1H3,(H,13,14)/b;3-2+/t18-,19-,20+,21+;/m0./s1. The van der Waals surface area contributed by atoms with Gasteiger partial charge in [-0.15, -0.1) is 0 Å². The molecule has 0 unspecified atom stereocenters. The topological polar surface area (TPSA) is 152 Å². The van der Waals surface area contributed by atoms with Crippen LogP contribution in [-0.2, 0) is 19.2 Å². The molecule has 9 heteroatoms. The molecule has 0 bridgehead atoms. The number of ketones is 3. The Bertz CT molecular complexity index is 1500. The summed E-state index contributed by atoms with van der Waals surface area (Å²) in [5.41, 5.74) is 2.90. The molecule has 4 atom stereocenters. The van der Waals surface area contributed by atoms with Gasteiger partial charge in [0.1, 0.15) is 17.3 Å². The SMILES string of the molecule is CC(=O)/C=C/c1ccc(C(=O)O)cc1.CC(=O)[C@H]1[C@H](C(C)=O)[C@@H](c2ccc(C(=O)O)cc2)[C@@H]1c1ccc(OC=O)cc1. The quantitative estimate of drug-likeness (QED) is 0.247. The summed E-state index contributed by atoms with van der Waals surface area (Å²) in [4.78, 5) is 67.3. The summed E-state index contributed by atoms with van der Waals surface area (Å²) in [7, 11) is 0. The molecule has 3 aromatic carbocycles. The van der Waals surface area contributed by atoms with E-state index in [2.05, 4.69) is 0 Å². The monoisotopic (exact) mass is 570 g/mol. The molecular weight excluding hydrogens is 540 g/mol. The largest absolute Gasteiger partial charge is 0.478 e. The van der Waals surface area contributed by atoms with Crippen LogP contribution in [0.4, 0.5) is 0 Å². The zero-order valence-electron chi connectivity index (χ0n) is 23.2. The molecule has 0 aromatic heterocycles. The average Bonchev–Trinajstić information content (AvgIpc) is 2.93. The lowest BCUT2D eigenvalue weighted by Gasteiger charge is -2.50. The number of carboxylic acid groups (broad SMARTS) is 2. The minimum absolute atomic E-state index is 0.0349. The molecule has 9 nitrogen and oxygen atoms in total. The number of carbonyl (C=O) groups excluding carboxylic acids is 4. The molecule has 1 aliphatic rings. The van der Waals surface area contributed by atoms with Gasteiger partial charge in [-0.05, 0) is 79.9 Å². The molecule has 0 saturated heterocycles. The van der Waals surface area contributed by atoms with Crippen molar-refractivity contribution < 1.29 is 43.7 Å². The maximum absolute atomic E-state index is 12.3. The van der Waals surface area contributed by atoms with Crippen LogP contribution in [0.2, 0.25) is 0 Å². The average molecular weight is 571 g/mol. The van der Waals surface area contributed by atoms with E-state index in [1.54, 1.807) is 54.6 Å². The lowest BCUT2D eigenvalue weighted by molar-refractivity contribution is -0.139. The van der Waals surface area contributed by atoms with Crippen LogP contribution in [-0.4, -0.2) is 46.0 Å². The van der Waals surface area contributed by atoms with Crippen LogP contribution < -0.4 is 4.74 Å². The van der Waals surface area contributed by atoms with Crippen LogP contribution in [0.3, 0.4) is 0 Å². The van der Waals surface area contributed by atoms with E-state index < -0.39 is 23.8 Å². The Morgan fingerprint density at radius 3 is 1.40 bits per heavy atom. The summed E-state index contributed by atoms with van der Waals surface area (Å²) in [6.45, 7) is 4.77. The van der Waals surface area contributed by atoms with E-state index in [0.717, 1.165) is 16.7 Å². The lowest BCUT2D eigenvalue weighted by Crippen LogP contribution is -2.50. The lowest BCUT2D eigenvalue weighted by atomic mass is 9.50. The summed E-state index contributed by atoms with van der Waals surface area (Å²) in [5, 5.41) is 17.7. The first kappa shape index (κ1) is 31.3. The van der Waals surface area contributed by atoms with Crippen LogP contribution >= 0.6 is 0 Å². The number of allylic oxidation sites excluding steroid dienone is 1. The summed E-state index contributed by atoms with van der Waals surface area (Å²) in [6.07, 6.45) is 3.09. The van der Waals surface area contributed by atoms with Gasteiger partial charge in [0.05, 0.1) is 11.1 Å². The Hall–Kier alpha value is -5.18. The number of hydrogen-bond donors (Lipinski definition) is 2. The van der Waals surface area contributed by atoms with Gasteiger partial charge in [0.25, 0.3) is 6.47 Å². The van der Waals surface area contributed by atoms with Gasteiger partial charge in [0.15, 0.2) is 5.78 Å². The first-order valence-corrected chi connectivity index (χ1v) is 13.0. The second kappa shape index (κ2) is 13.9. The van der Waals surface area contributed by atoms with Gasteiger partial charge in [-0.1, -0.05) is 42.5 Å². The van der Waals surface area contributed by atoms with Crippen molar-refractivity contribution in [2.75, 3.05) is 0 Å². The molecule has 1 saturated carbocycles. The molecule has 1 fully saturated rings. The first-order valence-electron chi connectivity index (χ1n) is 13.0. The van der Waals surface area contributed by atoms with Crippen molar-refractivity contribution in [2.45, 2.75) is 32.6 Å². The van der Waals surface area contributed by atoms with Crippen LogP contribution in [0.1, 0.15) is 70.0 Å². The van der Waals surface area contributed by atoms with Crippen molar-refractivity contribution in [1.82, 2.24) is 0 Å². The Morgan fingerprint density at radius 1 is 0.643 bits per heavy atom. The van der Waals surface area contributed by atoms with Gasteiger partial charge in [0, 0.05) is 23.7 Å². The van der Waals surface area contributed by atoms with Gasteiger partial charge >= 0.3 is 11.9 Å². The van der Waals surface area contributed by atoms with Crippen molar-refractivity contribution in [3.63, 3.8) is 0 Å². The van der Waals surface area contributed by atoms with E-state index in [9.17, 15) is 28.8 Å². The normalized spacial score (nSPS) is 19.0. The van der Waals surface area contributed by atoms with Crippen molar-refractivity contribution in [1.29, 1.82) is 0 Å². The molecule has 0 amide bonds. The van der Waals surface area contributed by atoms with Crippen molar-refractivity contribution in [2.24, 2.45) is 11.8 Å². The highest BCUT2D eigenvalue weighted by Crippen LogP contribution is 2.58. The fourth-order valence-electron chi connectivity index (χ4n) is 5.21. The number of Topliss-reactive ketones (excluding diaryl/α,β-unsaturated/α-hetero) is 2. The number of carboxylic acids is 2. The second-order valence-electron chi connectivity index (χ2n) is 9.91. The van der Waals surface area contributed by atoms with Crippen LogP contribution in [0.5, 0.6) is 5.75 Å². The van der Waals surface area contributed by atoms with Gasteiger partial charge < -0.3 is 14.9 Å². The predicted molar refractivity (Wildman–Crippen MR) is 153 cm³/mol. The Balaban J connectivity index is 0.000000291.